The summed E-state index contributed by atoms with van der Waals surface area (Å²) in [6.45, 7) is 8.08. The smallest absolute Gasteiger partial charge is 0.263 e. The molecule has 2 aromatic heterocycles. The van der Waals surface area contributed by atoms with Gasteiger partial charge in [0.1, 0.15) is 0 Å². The van der Waals surface area contributed by atoms with Gasteiger partial charge in [-0.05, 0) is 70.5 Å². The van der Waals surface area contributed by atoms with Crippen molar-refractivity contribution in [3.63, 3.8) is 0 Å². The number of halogens is 2. The highest BCUT2D eigenvalue weighted by Crippen LogP contribution is 2.28. The highest BCUT2D eigenvalue weighted by atomic mass is 35.5. The van der Waals surface area contributed by atoms with Gasteiger partial charge in [0.15, 0.2) is 0 Å². The van der Waals surface area contributed by atoms with Crippen LogP contribution in [0.4, 0.5) is 5.95 Å². The van der Waals surface area contributed by atoms with Gasteiger partial charge in [0.05, 0.1) is 33.7 Å². The number of hydrogen-bond acceptors (Lipinski definition) is 5. The topological polar surface area (TPSA) is 95.9 Å². The van der Waals surface area contributed by atoms with Gasteiger partial charge in [-0.1, -0.05) is 35.3 Å². The summed E-state index contributed by atoms with van der Waals surface area (Å²) in [5.41, 5.74) is 4.95. The van der Waals surface area contributed by atoms with Crippen LogP contribution < -0.4 is 10.9 Å². The number of fused-ring (bicyclic) bond motifs is 1. The Labute approximate surface area is 230 Å². The second-order valence-corrected chi connectivity index (χ2v) is 10.7. The minimum atomic E-state index is -0.207. The Morgan fingerprint density at radius 3 is 2.47 bits per heavy atom. The molecule has 0 saturated heterocycles. The van der Waals surface area contributed by atoms with Crippen LogP contribution in [0.25, 0.3) is 16.9 Å². The molecule has 0 unspecified atom stereocenters. The molecule has 4 aromatic rings. The van der Waals surface area contributed by atoms with E-state index in [9.17, 15) is 9.59 Å². The molecule has 1 aliphatic rings. The Morgan fingerprint density at radius 2 is 1.84 bits per heavy atom. The molecule has 2 aromatic carbocycles. The number of carbonyl (C=O) groups excluding carboxylic acids is 1. The summed E-state index contributed by atoms with van der Waals surface area (Å²) < 4.78 is 1.61. The normalized spacial score (nSPS) is 15.0. The van der Waals surface area contributed by atoms with Crippen LogP contribution in [-0.2, 0) is 13.0 Å². The first-order valence-electron chi connectivity index (χ1n) is 12.4. The summed E-state index contributed by atoms with van der Waals surface area (Å²) >= 11 is 12.2. The summed E-state index contributed by atoms with van der Waals surface area (Å²) in [6, 6.07) is 14.3. The number of aromatic amines is 1. The maximum absolute atomic E-state index is 13.9. The molecule has 1 amide bonds. The third-order valence-electron chi connectivity index (χ3n) is 6.59. The summed E-state index contributed by atoms with van der Waals surface area (Å²) in [5, 5.41) is 11.3. The monoisotopic (exact) mass is 550 g/mol. The van der Waals surface area contributed by atoms with Gasteiger partial charge in [-0.15, -0.1) is 0 Å². The molecule has 0 radical (unpaired) electrons. The van der Waals surface area contributed by atoms with E-state index in [1.807, 2.05) is 58.0 Å². The predicted molar refractivity (Wildman–Crippen MR) is 150 cm³/mol. The van der Waals surface area contributed by atoms with E-state index >= 15 is 0 Å². The average molecular weight is 551 g/mol. The Morgan fingerprint density at radius 1 is 1.11 bits per heavy atom. The Kier molecular flexibility index (Phi) is 7.03. The summed E-state index contributed by atoms with van der Waals surface area (Å²) in [4.78, 5) is 33.8. The number of nitrogens with zero attached hydrogens (tertiary/aromatic N) is 4. The number of nitrogens with one attached hydrogen (secondary N) is 2. The quantitative estimate of drug-likeness (QED) is 0.335. The zero-order chi connectivity index (χ0) is 27.1. The highest BCUT2D eigenvalue weighted by molar-refractivity contribution is 6.42. The van der Waals surface area contributed by atoms with E-state index in [0.29, 0.717) is 44.9 Å². The Balaban J connectivity index is 1.53. The van der Waals surface area contributed by atoms with E-state index < -0.39 is 0 Å². The lowest BCUT2D eigenvalue weighted by Gasteiger charge is -2.34. The van der Waals surface area contributed by atoms with Crippen molar-refractivity contribution in [1.29, 1.82) is 0 Å². The van der Waals surface area contributed by atoms with Gasteiger partial charge in [0.25, 0.3) is 11.5 Å². The number of benzene rings is 2. The fraction of sp³-hybridized carbons (Fsp3) is 0.286. The number of hydrogen-bond donors (Lipinski definition) is 2. The van der Waals surface area contributed by atoms with Crippen molar-refractivity contribution in [2.24, 2.45) is 0 Å². The maximum atomic E-state index is 13.9. The molecule has 196 valence electrons. The standard InChI is InChI=1S/C28H28Cl2N6O2/c1-15(2)31-28-32-25-14-35(26(37)19-7-10-22(29)23(30)13-19)17(4)12-21(25)27(38)36(28)20-8-5-18(6-9-20)24-11-16(3)33-34-24/h5-11,13,15,17H,12,14H2,1-4H3,(H,31,32)(H,33,34)/t17-/m1/s1. The second-order valence-electron chi connectivity index (χ2n) is 9.90. The molecular formula is C28H28Cl2N6O2. The van der Waals surface area contributed by atoms with E-state index in [4.69, 9.17) is 28.2 Å². The van der Waals surface area contributed by atoms with E-state index in [1.165, 1.54) is 0 Å². The average Bonchev–Trinajstić information content (AvgIpc) is 3.32. The Bertz CT molecular complexity index is 1580. The molecule has 1 aliphatic heterocycles. The molecule has 0 aliphatic carbocycles. The minimum absolute atomic E-state index is 0.0361. The van der Waals surface area contributed by atoms with E-state index in [1.54, 1.807) is 27.7 Å². The summed E-state index contributed by atoms with van der Waals surface area (Å²) in [5.74, 6) is 0.249. The highest BCUT2D eigenvalue weighted by Gasteiger charge is 2.32. The SMILES string of the molecule is Cc1cc(-c2ccc(-n3c(NC(C)C)nc4c(c3=O)C[C@@H](C)N(C(=O)c3ccc(Cl)c(Cl)c3)C4)cc2)n[nH]1. The van der Waals surface area contributed by atoms with Crippen molar-refractivity contribution in [3.05, 3.63) is 91.4 Å². The fourth-order valence-corrected chi connectivity index (χ4v) is 4.97. The molecule has 1 atom stereocenters. The van der Waals surface area contributed by atoms with Gasteiger partial charge in [0.2, 0.25) is 5.95 Å². The lowest BCUT2D eigenvalue weighted by Crippen LogP contribution is -2.46. The molecule has 0 bridgehead atoms. The number of carbonyl (C=O) groups is 1. The second kappa shape index (κ2) is 10.3. The first kappa shape index (κ1) is 26.0. The first-order chi connectivity index (χ1) is 18.1. The van der Waals surface area contributed by atoms with Crippen LogP contribution in [0, 0.1) is 6.92 Å². The molecule has 10 heteroatoms. The van der Waals surface area contributed by atoms with Crippen molar-refractivity contribution in [1.82, 2.24) is 24.6 Å². The van der Waals surface area contributed by atoms with Gasteiger partial charge in [-0.25, -0.2) is 9.55 Å². The van der Waals surface area contributed by atoms with Crippen molar-refractivity contribution in [2.45, 2.75) is 52.7 Å². The lowest BCUT2D eigenvalue weighted by atomic mass is 9.98. The van der Waals surface area contributed by atoms with Crippen LogP contribution in [0.2, 0.25) is 10.0 Å². The Hall–Kier alpha value is -3.62. The number of aryl methyl sites for hydroxylation is 1. The minimum Gasteiger partial charge on any atom is -0.353 e. The zero-order valence-corrected chi connectivity index (χ0v) is 23.1. The number of rotatable bonds is 5. The molecule has 0 spiro atoms. The zero-order valence-electron chi connectivity index (χ0n) is 21.5. The molecule has 5 rings (SSSR count). The number of anilines is 1. The van der Waals surface area contributed by atoms with E-state index in [2.05, 4.69) is 15.5 Å². The van der Waals surface area contributed by atoms with Crippen molar-refractivity contribution >= 4 is 35.1 Å². The van der Waals surface area contributed by atoms with Gasteiger partial charge in [-0.3, -0.25) is 14.7 Å². The molecule has 3 heterocycles. The lowest BCUT2D eigenvalue weighted by molar-refractivity contribution is 0.0653. The molecule has 38 heavy (non-hydrogen) atoms. The molecule has 0 fully saturated rings. The van der Waals surface area contributed by atoms with E-state index in [0.717, 1.165) is 17.0 Å². The maximum Gasteiger partial charge on any atom is 0.263 e. The summed E-state index contributed by atoms with van der Waals surface area (Å²) in [6.07, 6.45) is 0.390. The van der Waals surface area contributed by atoms with Gasteiger partial charge in [0, 0.05) is 34.5 Å². The van der Waals surface area contributed by atoms with Crippen LogP contribution in [0.1, 0.15) is 48.1 Å². The van der Waals surface area contributed by atoms with Crippen LogP contribution in [0.3, 0.4) is 0 Å². The van der Waals surface area contributed by atoms with Crippen molar-refractivity contribution < 1.29 is 4.79 Å². The van der Waals surface area contributed by atoms with Gasteiger partial charge in [-0.2, -0.15) is 5.10 Å². The van der Waals surface area contributed by atoms with E-state index in [-0.39, 0.29) is 30.1 Å². The summed E-state index contributed by atoms with van der Waals surface area (Å²) in [7, 11) is 0. The van der Waals surface area contributed by atoms with Crippen LogP contribution >= 0.6 is 23.2 Å². The number of amides is 1. The van der Waals surface area contributed by atoms with Crippen LogP contribution in [0.15, 0.2) is 53.3 Å². The van der Waals surface area contributed by atoms with Gasteiger partial charge < -0.3 is 10.2 Å². The first-order valence-corrected chi connectivity index (χ1v) is 13.2. The van der Waals surface area contributed by atoms with Crippen LogP contribution in [0.5, 0.6) is 0 Å². The molecular weight excluding hydrogens is 523 g/mol. The van der Waals surface area contributed by atoms with Gasteiger partial charge >= 0.3 is 0 Å². The number of aromatic nitrogens is 4. The van der Waals surface area contributed by atoms with Crippen LogP contribution in [-0.4, -0.2) is 42.6 Å². The molecule has 2 N–H and O–H groups in total. The molecule has 8 nitrogen and oxygen atoms in total. The fourth-order valence-electron chi connectivity index (χ4n) is 4.67. The molecule has 0 saturated carbocycles. The predicted octanol–water partition coefficient (Wildman–Crippen LogP) is 5.65. The number of H-pyrrole nitrogens is 1. The third-order valence-corrected chi connectivity index (χ3v) is 7.33. The largest absolute Gasteiger partial charge is 0.353 e. The third kappa shape index (κ3) is 4.93. The van der Waals surface area contributed by atoms with Crippen molar-refractivity contribution in [3.8, 4) is 16.9 Å². The van der Waals surface area contributed by atoms with Crippen molar-refractivity contribution in [2.75, 3.05) is 5.32 Å².